The molecule has 2 aromatic rings. The number of esters is 1. The van der Waals surface area contributed by atoms with Crippen molar-refractivity contribution >= 4 is 28.9 Å². The molecule has 24 heavy (non-hydrogen) atoms. The maximum absolute atomic E-state index is 12.5. The molecular weight excluding hydrogens is 328 g/mol. The van der Waals surface area contributed by atoms with Crippen molar-refractivity contribution in [1.29, 1.82) is 0 Å². The summed E-state index contributed by atoms with van der Waals surface area (Å²) in [5.74, 6) is -0.382. The zero-order valence-corrected chi connectivity index (χ0v) is 14.3. The van der Waals surface area contributed by atoms with Crippen molar-refractivity contribution in [2.24, 2.45) is 11.0 Å². The number of carbonyl (C=O) groups excluding carboxylic acids is 2. The van der Waals surface area contributed by atoms with Crippen LogP contribution in [-0.4, -0.2) is 29.2 Å². The van der Waals surface area contributed by atoms with Gasteiger partial charge in [-0.1, -0.05) is 19.9 Å². The average Bonchev–Trinajstić information content (AvgIpc) is 3.31. The summed E-state index contributed by atoms with van der Waals surface area (Å²) in [6.07, 6.45) is 2.14. The Labute approximate surface area is 143 Å². The summed E-state index contributed by atoms with van der Waals surface area (Å²) >= 11 is 1.57. The van der Waals surface area contributed by atoms with Gasteiger partial charge in [0, 0.05) is 6.42 Å². The van der Waals surface area contributed by atoms with E-state index in [1.165, 1.54) is 5.01 Å². The van der Waals surface area contributed by atoms with Crippen LogP contribution < -0.4 is 0 Å². The predicted octanol–water partition coefficient (Wildman–Crippen LogP) is 3.22. The highest BCUT2D eigenvalue weighted by molar-refractivity contribution is 7.12. The third kappa shape index (κ3) is 3.41. The maximum Gasteiger partial charge on any atom is 0.308 e. The van der Waals surface area contributed by atoms with Crippen molar-refractivity contribution in [3.05, 3.63) is 46.5 Å². The number of amides is 1. The van der Waals surface area contributed by atoms with E-state index in [-0.39, 0.29) is 24.5 Å². The first-order valence-electron chi connectivity index (χ1n) is 7.69. The Morgan fingerprint density at radius 2 is 2.25 bits per heavy atom. The molecule has 0 unspecified atom stereocenters. The van der Waals surface area contributed by atoms with Crippen molar-refractivity contribution < 1.29 is 18.7 Å². The SMILES string of the molecule is CC(C)C(=O)OCC(=O)N1N=C(c2cccs2)C[C@@H]1c1ccco1. The standard InChI is InChI=1S/C17H18N2O4S/c1-11(2)17(21)23-10-16(20)19-13(14-5-3-7-22-14)9-12(18-19)15-6-4-8-24-15/h3-8,11,13H,9-10H2,1-2H3/t13-/m1/s1. The van der Waals surface area contributed by atoms with E-state index in [1.807, 2.05) is 23.6 Å². The molecule has 1 aliphatic rings. The molecule has 3 heterocycles. The summed E-state index contributed by atoms with van der Waals surface area (Å²) < 4.78 is 10.5. The minimum atomic E-state index is -0.403. The smallest absolute Gasteiger partial charge is 0.308 e. The van der Waals surface area contributed by atoms with Crippen LogP contribution in [0, 0.1) is 5.92 Å². The van der Waals surface area contributed by atoms with Gasteiger partial charge in [0.1, 0.15) is 11.8 Å². The van der Waals surface area contributed by atoms with Gasteiger partial charge < -0.3 is 9.15 Å². The molecule has 3 rings (SSSR count). The maximum atomic E-state index is 12.5. The molecule has 1 amide bonds. The summed E-state index contributed by atoms with van der Waals surface area (Å²) in [5.41, 5.74) is 0.829. The zero-order chi connectivity index (χ0) is 17.1. The molecule has 1 aliphatic heterocycles. The quantitative estimate of drug-likeness (QED) is 0.779. The van der Waals surface area contributed by atoms with Gasteiger partial charge in [-0.15, -0.1) is 11.3 Å². The Morgan fingerprint density at radius 1 is 1.42 bits per heavy atom. The fraction of sp³-hybridized carbons (Fsp3) is 0.353. The molecular formula is C17H18N2O4S. The van der Waals surface area contributed by atoms with E-state index in [4.69, 9.17) is 9.15 Å². The van der Waals surface area contributed by atoms with Crippen molar-refractivity contribution in [2.75, 3.05) is 6.61 Å². The fourth-order valence-electron chi connectivity index (χ4n) is 2.40. The number of hydrogen-bond acceptors (Lipinski definition) is 6. The zero-order valence-electron chi connectivity index (χ0n) is 13.5. The van der Waals surface area contributed by atoms with Crippen LogP contribution in [0.4, 0.5) is 0 Å². The first-order chi connectivity index (χ1) is 11.6. The van der Waals surface area contributed by atoms with Crippen LogP contribution in [0.2, 0.25) is 0 Å². The molecule has 0 bridgehead atoms. The van der Waals surface area contributed by atoms with Crippen LogP contribution in [0.1, 0.15) is 36.9 Å². The molecule has 0 saturated heterocycles. The van der Waals surface area contributed by atoms with Crippen LogP contribution in [0.5, 0.6) is 0 Å². The van der Waals surface area contributed by atoms with Crippen molar-refractivity contribution in [3.63, 3.8) is 0 Å². The van der Waals surface area contributed by atoms with Crippen molar-refractivity contribution in [1.82, 2.24) is 5.01 Å². The molecule has 0 radical (unpaired) electrons. The lowest BCUT2D eigenvalue weighted by molar-refractivity contribution is -0.155. The van der Waals surface area contributed by atoms with Crippen LogP contribution in [0.15, 0.2) is 45.4 Å². The summed E-state index contributed by atoms with van der Waals surface area (Å²) in [6.45, 7) is 3.12. The number of nitrogens with zero attached hydrogens (tertiary/aromatic N) is 2. The number of hydrogen-bond donors (Lipinski definition) is 0. The van der Waals surface area contributed by atoms with E-state index in [0.29, 0.717) is 12.2 Å². The Morgan fingerprint density at radius 3 is 2.88 bits per heavy atom. The minimum Gasteiger partial charge on any atom is -0.467 e. The number of carbonyl (C=O) groups is 2. The van der Waals surface area contributed by atoms with E-state index in [1.54, 1.807) is 37.5 Å². The molecule has 0 aliphatic carbocycles. The van der Waals surface area contributed by atoms with Gasteiger partial charge in [-0.3, -0.25) is 9.59 Å². The van der Waals surface area contributed by atoms with Gasteiger partial charge in [0.25, 0.3) is 5.91 Å². The number of rotatable bonds is 5. The van der Waals surface area contributed by atoms with Crippen LogP contribution >= 0.6 is 11.3 Å². The number of hydrazone groups is 1. The molecule has 0 N–H and O–H groups in total. The van der Waals surface area contributed by atoms with Crippen molar-refractivity contribution in [2.45, 2.75) is 26.3 Å². The Balaban J connectivity index is 1.78. The second-order valence-electron chi connectivity index (χ2n) is 5.76. The third-order valence-corrected chi connectivity index (χ3v) is 4.57. The molecule has 0 fully saturated rings. The fourth-order valence-corrected chi connectivity index (χ4v) is 3.12. The molecule has 6 nitrogen and oxygen atoms in total. The normalized spacial score (nSPS) is 17.2. The number of thiophene rings is 1. The summed E-state index contributed by atoms with van der Waals surface area (Å²) in [6, 6.07) is 7.19. The summed E-state index contributed by atoms with van der Waals surface area (Å²) in [5, 5.41) is 7.78. The molecule has 2 aromatic heterocycles. The highest BCUT2D eigenvalue weighted by atomic mass is 32.1. The van der Waals surface area contributed by atoms with E-state index in [2.05, 4.69) is 5.10 Å². The monoisotopic (exact) mass is 346 g/mol. The van der Waals surface area contributed by atoms with Gasteiger partial charge in [-0.25, -0.2) is 5.01 Å². The second kappa shape index (κ2) is 7.00. The molecule has 0 aromatic carbocycles. The first-order valence-corrected chi connectivity index (χ1v) is 8.57. The summed E-state index contributed by atoms with van der Waals surface area (Å²) in [7, 11) is 0. The molecule has 7 heteroatoms. The topological polar surface area (TPSA) is 72.1 Å². The van der Waals surface area contributed by atoms with E-state index in [9.17, 15) is 9.59 Å². The highest BCUT2D eigenvalue weighted by Gasteiger charge is 2.35. The number of ether oxygens (including phenoxy) is 1. The lowest BCUT2D eigenvalue weighted by atomic mass is 10.1. The van der Waals surface area contributed by atoms with Gasteiger partial charge in [-0.05, 0) is 23.6 Å². The van der Waals surface area contributed by atoms with Gasteiger partial charge >= 0.3 is 5.97 Å². The van der Waals surface area contributed by atoms with Gasteiger partial charge in [0.05, 0.1) is 22.8 Å². The molecule has 0 spiro atoms. The van der Waals surface area contributed by atoms with E-state index < -0.39 is 5.97 Å². The van der Waals surface area contributed by atoms with Crippen molar-refractivity contribution in [3.8, 4) is 0 Å². The third-order valence-electron chi connectivity index (χ3n) is 3.65. The average molecular weight is 346 g/mol. The summed E-state index contributed by atoms with van der Waals surface area (Å²) in [4.78, 5) is 25.1. The molecule has 0 saturated carbocycles. The van der Waals surface area contributed by atoms with E-state index >= 15 is 0 Å². The van der Waals surface area contributed by atoms with Crippen LogP contribution in [0.3, 0.4) is 0 Å². The van der Waals surface area contributed by atoms with Crippen LogP contribution in [0.25, 0.3) is 0 Å². The van der Waals surface area contributed by atoms with Crippen LogP contribution in [-0.2, 0) is 14.3 Å². The lowest BCUT2D eigenvalue weighted by Crippen LogP contribution is -2.31. The molecule has 1 atom stereocenters. The van der Waals surface area contributed by atoms with Gasteiger partial charge in [0.2, 0.25) is 0 Å². The minimum absolute atomic E-state index is 0.276. The highest BCUT2D eigenvalue weighted by Crippen LogP contribution is 2.33. The second-order valence-corrected chi connectivity index (χ2v) is 6.71. The van der Waals surface area contributed by atoms with E-state index in [0.717, 1.165) is 10.6 Å². The predicted molar refractivity (Wildman–Crippen MR) is 89.6 cm³/mol. The molecule has 126 valence electrons. The van der Waals surface area contributed by atoms with Gasteiger partial charge in [-0.2, -0.15) is 5.10 Å². The number of furan rings is 1. The van der Waals surface area contributed by atoms with Gasteiger partial charge in [0.15, 0.2) is 6.61 Å². The lowest BCUT2D eigenvalue weighted by Gasteiger charge is -2.19. The Hall–Kier alpha value is -2.41. The first kappa shape index (κ1) is 16.4. The Kier molecular flexibility index (Phi) is 4.80. The Bertz CT molecular complexity index is 735. The largest absolute Gasteiger partial charge is 0.467 e.